The van der Waals surface area contributed by atoms with E-state index in [1.54, 1.807) is 24.3 Å². The molecule has 0 bridgehead atoms. The average molecular weight is 309 g/mol. The van der Waals surface area contributed by atoms with Gasteiger partial charge in [-0.3, -0.25) is 4.79 Å². The predicted octanol–water partition coefficient (Wildman–Crippen LogP) is 4.28. The van der Waals surface area contributed by atoms with Gasteiger partial charge in [-0.1, -0.05) is 30.3 Å². The lowest BCUT2D eigenvalue weighted by atomic mass is 10.1. The van der Waals surface area contributed by atoms with Crippen molar-refractivity contribution in [3.63, 3.8) is 0 Å². The maximum Gasteiger partial charge on any atom is 0.234 e. The molecule has 0 aliphatic heterocycles. The highest BCUT2D eigenvalue weighted by molar-refractivity contribution is 8.00. The molecule has 3 aromatic rings. The fraction of sp³-hybridized carbons (Fsp3) is 0.0556. The molecule has 110 valence electrons. The minimum atomic E-state index is -0.0659. The fourth-order valence-electron chi connectivity index (χ4n) is 2.15. The van der Waals surface area contributed by atoms with E-state index in [1.165, 1.54) is 22.5 Å². The molecule has 0 fully saturated rings. The summed E-state index contributed by atoms with van der Waals surface area (Å²) < 4.78 is 0. The molecule has 0 saturated carbocycles. The van der Waals surface area contributed by atoms with Crippen LogP contribution in [0.3, 0.4) is 0 Å². The van der Waals surface area contributed by atoms with Crippen molar-refractivity contribution in [2.45, 2.75) is 4.90 Å². The van der Waals surface area contributed by atoms with Crippen LogP contribution in [0, 0.1) is 0 Å². The second-order valence-electron chi connectivity index (χ2n) is 4.89. The minimum absolute atomic E-state index is 0.0659. The molecule has 3 rings (SSSR count). The minimum Gasteiger partial charge on any atom is -0.508 e. The van der Waals surface area contributed by atoms with Crippen LogP contribution in [0.25, 0.3) is 10.8 Å². The third-order valence-corrected chi connectivity index (χ3v) is 4.24. The highest BCUT2D eigenvalue weighted by atomic mass is 32.2. The van der Waals surface area contributed by atoms with Gasteiger partial charge in [-0.2, -0.15) is 0 Å². The predicted molar refractivity (Wildman–Crippen MR) is 91.4 cm³/mol. The number of nitrogens with one attached hydrogen (secondary N) is 1. The third-order valence-electron chi connectivity index (χ3n) is 3.24. The van der Waals surface area contributed by atoms with Crippen molar-refractivity contribution in [1.82, 2.24) is 0 Å². The van der Waals surface area contributed by atoms with E-state index in [1.807, 2.05) is 18.2 Å². The fourth-order valence-corrected chi connectivity index (χ4v) is 2.89. The van der Waals surface area contributed by atoms with Crippen LogP contribution in [0.5, 0.6) is 5.75 Å². The van der Waals surface area contributed by atoms with Crippen LogP contribution in [0.4, 0.5) is 5.69 Å². The molecule has 22 heavy (non-hydrogen) atoms. The molecular weight excluding hydrogens is 294 g/mol. The smallest absolute Gasteiger partial charge is 0.234 e. The summed E-state index contributed by atoms with van der Waals surface area (Å²) in [6.07, 6.45) is 0. The number of carbonyl (C=O) groups excluding carboxylic acids is 1. The monoisotopic (exact) mass is 309 g/mol. The van der Waals surface area contributed by atoms with E-state index < -0.39 is 0 Å². The molecule has 0 heterocycles. The highest BCUT2D eigenvalue weighted by Gasteiger charge is 2.04. The van der Waals surface area contributed by atoms with Crippen LogP contribution in [0.15, 0.2) is 71.6 Å². The largest absolute Gasteiger partial charge is 0.508 e. The van der Waals surface area contributed by atoms with Gasteiger partial charge in [-0.05, 0) is 47.2 Å². The molecule has 0 radical (unpaired) electrons. The van der Waals surface area contributed by atoms with Crippen molar-refractivity contribution in [2.75, 3.05) is 11.1 Å². The van der Waals surface area contributed by atoms with Gasteiger partial charge in [0.05, 0.1) is 5.75 Å². The van der Waals surface area contributed by atoms with Gasteiger partial charge in [0, 0.05) is 10.6 Å². The Morgan fingerprint density at radius 1 is 0.955 bits per heavy atom. The van der Waals surface area contributed by atoms with E-state index in [-0.39, 0.29) is 11.7 Å². The average Bonchev–Trinajstić information content (AvgIpc) is 2.55. The molecule has 3 nitrogen and oxygen atoms in total. The standard InChI is InChI=1S/C18H15NO2S/c20-16-8-6-15(7-9-16)19-18(21)12-22-17-10-5-13-3-1-2-4-14(13)11-17/h1-11,20H,12H2,(H,19,21). The summed E-state index contributed by atoms with van der Waals surface area (Å²) in [6, 6.07) is 20.8. The topological polar surface area (TPSA) is 49.3 Å². The van der Waals surface area contributed by atoms with Gasteiger partial charge in [0.15, 0.2) is 0 Å². The Labute approximate surface area is 133 Å². The molecule has 1 amide bonds. The zero-order valence-electron chi connectivity index (χ0n) is 11.8. The number of carbonyl (C=O) groups is 1. The van der Waals surface area contributed by atoms with Crippen molar-refractivity contribution >= 4 is 34.1 Å². The van der Waals surface area contributed by atoms with Gasteiger partial charge in [0.1, 0.15) is 5.75 Å². The van der Waals surface area contributed by atoms with Crippen LogP contribution < -0.4 is 5.32 Å². The van der Waals surface area contributed by atoms with Crippen LogP contribution in [0.1, 0.15) is 0 Å². The maximum atomic E-state index is 11.9. The summed E-state index contributed by atoms with van der Waals surface area (Å²) in [4.78, 5) is 13.0. The number of phenols is 1. The lowest BCUT2D eigenvalue weighted by Crippen LogP contribution is -2.13. The molecule has 0 atom stereocenters. The molecule has 0 unspecified atom stereocenters. The highest BCUT2D eigenvalue weighted by Crippen LogP contribution is 2.24. The van der Waals surface area contributed by atoms with Gasteiger partial charge >= 0.3 is 0 Å². The number of benzene rings is 3. The quantitative estimate of drug-likeness (QED) is 0.559. The van der Waals surface area contributed by atoms with Gasteiger partial charge in [-0.25, -0.2) is 0 Å². The van der Waals surface area contributed by atoms with Crippen molar-refractivity contribution in [1.29, 1.82) is 0 Å². The first-order valence-electron chi connectivity index (χ1n) is 6.91. The van der Waals surface area contributed by atoms with Crippen molar-refractivity contribution in [3.05, 3.63) is 66.7 Å². The first-order valence-corrected chi connectivity index (χ1v) is 7.90. The summed E-state index contributed by atoms with van der Waals surface area (Å²) in [5.41, 5.74) is 0.682. The van der Waals surface area contributed by atoms with Crippen molar-refractivity contribution in [3.8, 4) is 5.75 Å². The van der Waals surface area contributed by atoms with E-state index in [0.29, 0.717) is 11.4 Å². The number of thioether (sulfide) groups is 1. The second kappa shape index (κ2) is 6.54. The van der Waals surface area contributed by atoms with E-state index in [2.05, 4.69) is 29.6 Å². The SMILES string of the molecule is O=C(CSc1ccc2ccccc2c1)Nc1ccc(O)cc1. The Hall–Kier alpha value is -2.46. The number of hydrogen-bond acceptors (Lipinski definition) is 3. The van der Waals surface area contributed by atoms with Crippen molar-refractivity contribution < 1.29 is 9.90 Å². The van der Waals surface area contributed by atoms with Crippen LogP contribution in [-0.4, -0.2) is 16.8 Å². The summed E-state index contributed by atoms with van der Waals surface area (Å²) >= 11 is 1.50. The molecule has 0 spiro atoms. The molecule has 3 aromatic carbocycles. The van der Waals surface area contributed by atoms with E-state index in [4.69, 9.17) is 0 Å². The lowest BCUT2D eigenvalue weighted by molar-refractivity contribution is -0.113. The van der Waals surface area contributed by atoms with E-state index >= 15 is 0 Å². The van der Waals surface area contributed by atoms with Gasteiger partial charge in [-0.15, -0.1) is 11.8 Å². The second-order valence-corrected chi connectivity index (χ2v) is 5.94. The lowest BCUT2D eigenvalue weighted by Gasteiger charge is -2.06. The first kappa shape index (κ1) is 14.5. The number of anilines is 1. The Balaban J connectivity index is 1.60. The molecule has 0 aliphatic rings. The Morgan fingerprint density at radius 3 is 2.45 bits per heavy atom. The Kier molecular flexibility index (Phi) is 4.30. The molecule has 0 aliphatic carbocycles. The Bertz CT molecular complexity index is 800. The molecule has 0 aromatic heterocycles. The normalized spacial score (nSPS) is 10.5. The third kappa shape index (κ3) is 3.59. The molecular formula is C18H15NO2S. The Morgan fingerprint density at radius 2 is 1.68 bits per heavy atom. The number of rotatable bonds is 4. The molecule has 0 saturated heterocycles. The zero-order chi connectivity index (χ0) is 15.4. The van der Waals surface area contributed by atoms with Crippen LogP contribution in [-0.2, 0) is 4.79 Å². The van der Waals surface area contributed by atoms with Crippen molar-refractivity contribution in [2.24, 2.45) is 0 Å². The number of aromatic hydroxyl groups is 1. The van der Waals surface area contributed by atoms with Crippen LogP contribution >= 0.6 is 11.8 Å². The zero-order valence-corrected chi connectivity index (χ0v) is 12.6. The van der Waals surface area contributed by atoms with E-state index in [0.717, 1.165) is 4.90 Å². The van der Waals surface area contributed by atoms with Gasteiger partial charge < -0.3 is 10.4 Å². The summed E-state index contributed by atoms with van der Waals surface area (Å²) in [6.45, 7) is 0. The molecule has 2 N–H and O–H groups in total. The maximum absolute atomic E-state index is 11.9. The molecule has 4 heteroatoms. The van der Waals surface area contributed by atoms with E-state index in [9.17, 15) is 9.90 Å². The number of phenolic OH excluding ortho intramolecular Hbond substituents is 1. The van der Waals surface area contributed by atoms with Gasteiger partial charge in [0.25, 0.3) is 0 Å². The van der Waals surface area contributed by atoms with Gasteiger partial charge in [0.2, 0.25) is 5.91 Å². The first-order chi connectivity index (χ1) is 10.7. The summed E-state index contributed by atoms with van der Waals surface area (Å²) in [5, 5.41) is 14.4. The van der Waals surface area contributed by atoms with Crippen LogP contribution in [0.2, 0.25) is 0 Å². The number of hydrogen-bond donors (Lipinski definition) is 2. The number of fused-ring (bicyclic) bond motifs is 1. The summed E-state index contributed by atoms with van der Waals surface area (Å²) in [5.74, 6) is 0.464. The number of amides is 1. The summed E-state index contributed by atoms with van der Waals surface area (Å²) in [7, 11) is 0.